The highest BCUT2D eigenvalue weighted by Gasteiger charge is 2.21. The quantitative estimate of drug-likeness (QED) is 0.480. The van der Waals surface area contributed by atoms with Crippen molar-refractivity contribution in [2.45, 2.75) is 39.2 Å². The van der Waals surface area contributed by atoms with Gasteiger partial charge in [0.05, 0.1) is 0 Å². The number of hydrogen-bond acceptors (Lipinski definition) is 0. The largest absolute Gasteiger partial charge is 0.240 e. The minimum Gasteiger partial charge on any atom is -0.150 e. The zero-order valence-electron chi connectivity index (χ0n) is 6.90. The van der Waals surface area contributed by atoms with Gasteiger partial charge in [-0.3, -0.25) is 0 Å². The van der Waals surface area contributed by atoms with Crippen LogP contribution in [0.2, 0.25) is 5.54 Å². The van der Waals surface area contributed by atoms with Crippen molar-refractivity contribution < 1.29 is 0 Å². The Balaban J connectivity index is 3.73. The van der Waals surface area contributed by atoms with Crippen molar-refractivity contribution in [3.8, 4) is 0 Å². The van der Waals surface area contributed by atoms with Crippen LogP contribution in [0.1, 0.15) is 33.6 Å². The molecule has 1 atom stereocenters. The second-order valence-corrected chi connectivity index (χ2v) is 8.05. The van der Waals surface area contributed by atoms with Gasteiger partial charge >= 0.3 is 0 Å². The van der Waals surface area contributed by atoms with Crippen LogP contribution >= 0.6 is 22.2 Å². The minimum atomic E-state index is -1.42. The highest BCUT2D eigenvalue weighted by atomic mass is 35.7. The smallest absolute Gasteiger partial charge is 0.150 e. The summed E-state index contributed by atoms with van der Waals surface area (Å²) in [7, 11) is -1.42. The standard InChI is InChI=1S/C7H16Cl2Si/c1-4-5-7(6(2)3)10(8)9/h6-7,10H,4-5H2,1-3H3. The van der Waals surface area contributed by atoms with Crippen molar-refractivity contribution in [1.29, 1.82) is 0 Å². The first-order valence-corrected chi connectivity index (χ1v) is 8.03. The molecule has 0 spiro atoms. The molecule has 0 heterocycles. The van der Waals surface area contributed by atoms with E-state index in [2.05, 4.69) is 20.8 Å². The summed E-state index contributed by atoms with van der Waals surface area (Å²) in [6, 6.07) is 0. The molecule has 0 amide bonds. The fourth-order valence-electron chi connectivity index (χ4n) is 1.08. The van der Waals surface area contributed by atoms with Crippen molar-refractivity contribution in [3.63, 3.8) is 0 Å². The molecule has 10 heavy (non-hydrogen) atoms. The van der Waals surface area contributed by atoms with Gasteiger partial charge in [-0.25, -0.2) is 0 Å². The van der Waals surface area contributed by atoms with Gasteiger partial charge in [-0.05, 0) is 11.5 Å². The fourth-order valence-corrected chi connectivity index (χ4v) is 4.75. The maximum Gasteiger partial charge on any atom is 0.240 e. The van der Waals surface area contributed by atoms with Crippen LogP contribution in [-0.2, 0) is 0 Å². The Kier molecular flexibility index (Phi) is 5.88. The predicted octanol–water partition coefficient (Wildman–Crippen LogP) is 3.51. The molecule has 62 valence electrons. The highest BCUT2D eigenvalue weighted by molar-refractivity contribution is 7.34. The normalized spacial score (nSPS) is 14.7. The van der Waals surface area contributed by atoms with Crippen LogP contribution in [0.25, 0.3) is 0 Å². The Morgan fingerprint density at radius 2 is 1.80 bits per heavy atom. The van der Waals surface area contributed by atoms with E-state index in [0.29, 0.717) is 11.5 Å². The van der Waals surface area contributed by atoms with E-state index in [-0.39, 0.29) is 0 Å². The lowest BCUT2D eigenvalue weighted by molar-refractivity contribution is 0.546. The molecule has 0 aromatic heterocycles. The summed E-state index contributed by atoms with van der Waals surface area (Å²) in [6.45, 7) is 6.58. The molecule has 0 fully saturated rings. The summed E-state index contributed by atoms with van der Waals surface area (Å²) in [5.74, 6) is 0.659. The first-order chi connectivity index (χ1) is 4.59. The third kappa shape index (κ3) is 3.84. The Morgan fingerprint density at radius 3 is 1.90 bits per heavy atom. The van der Waals surface area contributed by atoms with E-state index in [0.717, 1.165) is 0 Å². The van der Waals surface area contributed by atoms with E-state index >= 15 is 0 Å². The Morgan fingerprint density at radius 1 is 1.30 bits per heavy atom. The van der Waals surface area contributed by atoms with Gasteiger partial charge in [0.15, 0.2) is 0 Å². The Labute approximate surface area is 74.9 Å². The van der Waals surface area contributed by atoms with Crippen molar-refractivity contribution >= 4 is 29.6 Å². The van der Waals surface area contributed by atoms with Gasteiger partial charge in [0.25, 0.3) is 0 Å². The van der Waals surface area contributed by atoms with Crippen LogP contribution in [0.5, 0.6) is 0 Å². The molecule has 0 aliphatic carbocycles. The van der Waals surface area contributed by atoms with Crippen molar-refractivity contribution in [1.82, 2.24) is 0 Å². The molecule has 0 aromatic rings. The number of halogens is 2. The lowest BCUT2D eigenvalue weighted by atomic mass is 10.1. The van der Waals surface area contributed by atoms with E-state index in [1.165, 1.54) is 12.8 Å². The molecule has 0 saturated heterocycles. The molecule has 0 aliphatic heterocycles. The summed E-state index contributed by atoms with van der Waals surface area (Å²) in [6.07, 6.45) is 2.40. The van der Waals surface area contributed by atoms with Crippen LogP contribution in [0, 0.1) is 5.92 Å². The zero-order valence-corrected chi connectivity index (χ0v) is 9.57. The minimum absolute atomic E-state index is 0.605. The van der Waals surface area contributed by atoms with Gasteiger partial charge in [-0.15, -0.1) is 0 Å². The van der Waals surface area contributed by atoms with Gasteiger partial charge in [0, 0.05) is 0 Å². The van der Waals surface area contributed by atoms with Gasteiger partial charge in [-0.1, -0.05) is 33.6 Å². The van der Waals surface area contributed by atoms with Gasteiger partial charge < -0.3 is 0 Å². The molecule has 0 nitrogen and oxygen atoms in total. The molecular formula is C7H16Cl2Si. The van der Waals surface area contributed by atoms with Gasteiger partial charge in [-0.2, -0.15) is 22.2 Å². The van der Waals surface area contributed by atoms with Crippen molar-refractivity contribution in [3.05, 3.63) is 0 Å². The molecule has 0 aliphatic rings. The zero-order chi connectivity index (χ0) is 8.15. The summed E-state index contributed by atoms with van der Waals surface area (Å²) < 4.78 is 0. The van der Waals surface area contributed by atoms with Crippen molar-refractivity contribution in [2.75, 3.05) is 0 Å². The fraction of sp³-hybridized carbons (Fsp3) is 1.00. The first kappa shape index (κ1) is 10.8. The van der Waals surface area contributed by atoms with E-state index in [4.69, 9.17) is 22.2 Å². The van der Waals surface area contributed by atoms with Crippen LogP contribution in [-0.4, -0.2) is 7.42 Å². The molecule has 0 rings (SSSR count). The van der Waals surface area contributed by atoms with E-state index < -0.39 is 7.42 Å². The predicted molar refractivity (Wildman–Crippen MR) is 52.4 cm³/mol. The van der Waals surface area contributed by atoms with Gasteiger partial charge in [0.2, 0.25) is 7.42 Å². The average Bonchev–Trinajstić information content (AvgIpc) is 1.81. The first-order valence-electron chi connectivity index (χ1n) is 3.87. The SMILES string of the molecule is CCCC(C(C)C)[SiH](Cl)Cl. The van der Waals surface area contributed by atoms with Crippen LogP contribution in [0.15, 0.2) is 0 Å². The molecule has 0 radical (unpaired) electrons. The summed E-state index contributed by atoms with van der Waals surface area (Å²) >= 11 is 11.8. The van der Waals surface area contributed by atoms with Crippen LogP contribution in [0.4, 0.5) is 0 Å². The topological polar surface area (TPSA) is 0 Å². The van der Waals surface area contributed by atoms with E-state index in [1.807, 2.05) is 0 Å². The maximum atomic E-state index is 5.92. The molecular weight excluding hydrogens is 183 g/mol. The second-order valence-electron chi connectivity index (χ2n) is 3.03. The van der Waals surface area contributed by atoms with Crippen LogP contribution < -0.4 is 0 Å². The van der Waals surface area contributed by atoms with Crippen LogP contribution in [0.3, 0.4) is 0 Å². The summed E-state index contributed by atoms with van der Waals surface area (Å²) in [5.41, 5.74) is 0.605. The highest BCUT2D eigenvalue weighted by Crippen LogP contribution is 2.30. The van der Waals surface area contributed by atoms with E-state index in [9.17, 15) is 0 Å². The van der Waals surface area contributed by atoms with E-state index in [1.54, 1.807) is 0 Å². The maximum absolute atomic E-state index is 5.92. The third-order valence-electron chi connectivity index (χ3n) is 1.80. The van der Waals surface area contributed by atoms with Gasteiger partial charge in [0.1, 0.15) is 0 Å². The molecule has 0 aromatic carbocycles. The lowest BCUT2D eigenvalue weighted by Crippen LogP contribution is -2.13. The molecule has 0 N–H and O–H groups in total. The number of rotatable bonds is 4. The molecule has 0 bridgehead atoms. The monoisotopic (exact) mass is 198 g/mol. The average molecular weight is 199 g/mol. The number of hydrogen-bond donors (Lipinski definition) is 0. The Bertz CT molecular complexity index is 75.7. The lowest BCUT2D eigenvalue weighted by Gasteiger charge is -2.19. The molecule has 1 unspecified atom stereocenters. The Hall–Kier alpha value is 0.797. The van der Waals surface area contributed by atoms with Crippen molar-refractivity contribution in [2.24, 2.45) is 5.92 Å². The third-order valence-corrected chi connectivity index (χ3v) is 5.49. The second kappa shape index (κ2) is 5.45. The molecule has 0 saturated carbocycles. The summed E-state index contributed by atoms with van der Waals surface area (Å²) in [4.78, 5) is 0. The summed E-state index contributed by atoms with van der Waals surface area (Å²) in [5, 5.41) is 0. The molecule has 3 heteroatoms.